The predicted octanol–water partition coefficient (Wildman–Crippen LogP) is 6.57. The normalized spacial score (nSPS) is 10.3. The van der Waals surface area contributed by atoms with Gasteiger partial charge in [-0.25, -0.2) is 0 Å². The van der Waals surface area contributed by atoms with Gasteiger partial charge in [-0.3, -0.25) is 9.59 Å². The van der Waals surface area contributed by atoms with Gasteiger partial charge in [0.05, 0.1) is 11.6 Å². The second kappa shape index (κ2) is 12.6. The van der Waals surface area contributed by atoms with E-state index < -0.39 is 0 Å². The fourth-order valence-electron chi connectivity index (χ4n) is 2.87. The van der Waals surface area contributed by atoms with Gasteiger partial charge in [-0.2, -0.15) is 0 Å². The van der Waals surface area contributed by atoms with Gasteiger partial charge in [0.25, 0.3) is 5.91 Å². The number of carbonyl (C=O) groups is 2. The van der Waals surface area contributed by atoms with E-state index in [1.165, 1.54) is 0 Å². The molecule has 0 aliphatic rings. The van der Waals surface area contributed by atoms with Crippen LogP contribution >= 0.6 is 47.0 Å². The van der Waals surface area contributed by atoms with Crippen LogP contribution in [0.25, 0.3) is 0 Å². The average Bonchev–Trinajstić information content (AvgIpc) is 2.78. The van der Waals surface area contributed by atoms with Crippen LogP contribution in [-0.4, -0.2) is 23.5 Å². The van der Waals surface area contributed by atoms with E-state index in [0.29, 0.717) is 50.8 Å². The van der Waals surface area contributed by atoms with Crippen molar-refractivity contribution in [1.82, 2.24) is 5.32 Å². The second-order valence-electron chi connectivity index (χ2n) is 7.07. The Labute approximate surface area is 217 Å². The summed E-state index contributed by atoms with van der Waals surface area (Å²) < 4.78 is 5.56. The van der Waals surface area contributed by atoms with Gasteiger partial charge in [0.1, 0.15) is 5.75 Å². The Morgan fingerprint density at radius 1 is 0.853 bits per heavy atom. The van der Waals surface area contributed by atoms with E-state index >= 15 is 0 Å². The molecule has 0 spiro atoms. The highest BCUT2D eigenvalue weighted by molar-refractivity contribution is 7.80. The second-order valence-corrected chi connectivity index (χ2v) is 8.76. The molecule has 0 aliphatic carbocycles. The summed E-state index contributed by atoms with van der Waals surface area (Å²) >= 11 is 23.1. The van der Waals surface area contributed by atoms with E-state index in [1.807, 2.05) is 0 Å². The van der Waals surface area contributed by atoms with Gasteiger partial charge < -0.3 is 20.7 Å². The van der Waals surface area contributed by atoms with Crippen LogP contribution in [0, 0.1) is 0 Å². The summed E-state index contributed by atoms with van der Waals surface area (Å²) in [4.78, 5) is 24.7. The van der Waals surface area contributed by atoms with Gasteiger partial charge in [-0.15, -0.1) is 0 Å². The molecule has 3 rings (SSSR count). The number of amides is 2. The molecule has 34 heavy (non-hydrogen) atoms. The highest BCUT2D eigenvalue weighted by Crippen LogP contribution is 2.27. The molecule has 6 nitrogen and oxygen atoms in total. The van der Waals surface area contributed by atoms with Crippen molar-refractivity contribution in [2.24, 2.45) is 0 Å². The molecule has 0 radical (unpaired) electrons. The summed E-state index contributed by atoms with van der Waals surface area (Å²) in [5, 5.41) is 9.87. The molecule has 3 aromatic rings. The van der Waals surface area contributed by atoms with E-state index in [1.54, 1.807) is 66.7 Å². The monoisotopic (exact) mass is 535 g/mol. The number of thiocarbonyl (C=S) groups is 1. The van der Waals surface area contributed by atoms with Crippen LogP contribution in [0.2, 0.25) is 15.1 Å². The number of anilines is 2. The first-order valence-corrected chi connectivity index (χ1v) is 11.7. The van der Waals surface area contributed by atoms with E-state index in [0.717, 1.165) is 0 Å². The zero-order chi connectivity index (χ0) is 24.5. The first-order valence-electron chi connectivity index (χ1n) is 10.2. The largest absolute Gasteiger partial charge is 0.492 e. The van der Waals surface area contributed by atoms with Crippen LogP contribution in [0.4, 0.5) is 11.4 Å². The molecule has 0 saturated heterocycles. The molecule has 0 atom stereocenters. The topological polar surface area (TPSA) is 79.5 Å². The van der Waals surface area contributed by atoms with Crippen molar-refractivity contribution in [3.8, 4) is 5.75 Å². The van der Waals surface area contributed by atoms with Crippen molar-refractivity contribution < 1.29 is 14.3 Å². The number of ether oxygens (including phenoxy) is 1. The molecular formula is C24H20Cl3N3O3S. The number of nitrogens with one attached hydrogen (secondary N) is 3. The molecule has 0 unspecified atom stereocenters. The maximum absolute atomic E-state index is 12.5. The zero-order valence-electron chi connectivity index (χ0n) is 17.7. The summed E-state index contributed by atoms with van der Waals surface area (Å²) in [6.45, 7) is 0.304. The number of hydrogen-bond donors (Lipinski definition) is 3. The van der Waals surface area contributed by atoms with E-state index in [9.17, 15) is 9.59 Å². The van der Waals surface area contributed by atoms with Crippen LogP contribution in [0.3, 0.4) is 0 Å². The van der Waals surface area contributed by atoms with Crippen LogP contribution < -0.4 is 20.7 Å². The lowest BCUT2D eigenvalue weighted by Crippen LogP contribution is -2.34. The first-order chi connectivity index (χ1) is 16.3. The lowest BCUT2D eigenvalue weighted by Gasteiger charge is -2.12. The Bertz CT molecular complexity index is 1210. The lowest BCUT2D eigenvalue weighted by molar-refractivity contribution is -0.119. The van der Waals surface area contributed by atoms with Gasteiger partial charge in [0.15, 0.2) is 5.11 Å². The number of benzene rings is 3. The molecule has 10 heteroatoms. The van der Waals surface area contributed by atoms with Gasteiger partial charge in [-0.05, 0) is 73.2 Å². The molecule has 0 heterocycles. The summed E-state index contributed by atoms with van der Waals surface area (Å²) in [5.41, 5.74) is 1.56. The Hall–Kier alpha value is -2.84. The van der Waals surface area contributed by atoms with Crippen LogP contribution in [0.15, 0.2) is 66.7 Å². The molecule has 0 saturated carbocycles. The van der Waals surface area contributed by atoms with Crippen molar-refractivity contribution in [2.45, 2.75) is 12.8 Å². The molecule has 2 amide bonds. The third-order valence-corrected chi connectivity index (χ3v) is 5.39. The average molecular weight is 537 g/mol. The van der Waals surface area contributed by atoms with E-state index in [4.69, 9.17) is 51.8 Å². The van der Waals surface area contributed by atoms with Crippen molar-refractivity contribution in [3.63, 3.8) is 0 Å². The molecule has 0 bridgehead atoms. The van der Waals surface area contributed by atoms with Crippen LogP contribution in [-0.2, 0) is 4.79 Å². The Balaban J connectivity index is 1.44. The van der Waals surface area contributed by atoms with Gasteiger partial charge in [-0.1, -0.05) is 46.9 Å². The van der Waals surface area contributed by atoms with Crippen molar-refractivity contribution in [3.05, 3.63) is 87.4 Å². The highest BCUT2D eigenvalue weighted by atomic mass is 35.5. The number of carbonyl (C=O) groups excluding carboxylic acids is 2. The Morgan fingerprint density at radius 2 is 1.56 bits per heavy atom. The fraction of sp³-hybridized carbons (Fsp3) is 0.125. The standard InChI is InChI=1S/C24H20Cl3N3O3S/c25-16-5-2-7-19(13-16)28-23(32)15-4-1-6-18(12-15)29-24(34)30-22(31)8-3-11-33-21-10-9-17(26)14-20(21)27/h1-2,4-7,9-10,12-14H,3,8,11H2,(H,28,32)(H2,29,30,31,34). The highest BCUT2D eigenvalue weighted by Gasteiger charge is 2.10. The quantitative estimate of drug-likeness (QED) is 0.224. The molecule has 176 valence electrons. The predicted molar refractivity (Wildman–Crippen MR) is 141 cm³/mol. The van der Waals surface area contributed by atoms with Crippen molar-refractivity contribution >= 4 is 75.3 Å². The number of rotatable bonds is 8. The minimum atomic E-state index is -0.304. The first kappa shape index (κ1) is 25.8. The molecule has 0 aliphatic heterocycles. The third-order valence-electron chi connectivity index (χ3n) is 4.42. The van der Waals surface area contributed by atoms with Gasteiger partial charge in [0, 0.05) is 33.4 Å². The SMILES string of the molecule is O=C(CCCOc1ccc(Cl)cc1Cl)NC(=S)Nc1cccc(C(=O)Nc2cccc(Cl)c2)c1. The van der Waals surface area contributed by atoms with E-state index in [-0.39, 0.29) is 23.3 Å². The Morgan fingerprint density at radius 3 is 2.29 bits per heavy atom. The summed E-state index contributed by atoms with van der Waals surface area (Å²) in [7, 11) is 0. The molecular weight excluding hydrogens is 517 g/mol. The van der Waals surface area contributed by atoms with Crippen molar-refractivity contribution in [2.75, 3.05) is 17.2 Å². The van der Waals surface area contributed by atoms with Gasteiger partial charge in [0.2, 0.25) is 5.91 Å². The van der Waals surface area contributed by atoms with E-state index in [2.05, 4.69) is 16.0 Å². The maximum atomic E-state index is 12.5. The molecule has 0 fully saturated rings. The number of halogens is 3. The van der Waals surface area contributed by atoms with Crippen LogP contribution in [0.5, 0.6) is 5.75 Å². The minimum absolute atomic E-state index is 0.124. The Kier molecular flexibility index (Phi) is 9.53. The maximum Gasteiger partial charge on any atom is 0.255 e. The molecule has 3 N–H and O–H groups in total. The molecule has 3 aromatic carbocycles. The van der Waals surface area contributed by atoms with Crippen molar-refractivity contribution in [1.29, 1.82) is 0 Å². The lowest BCUT2D eigenvalue weighted by atomic mass is 10.2. The fourth-order valence-corrected chi connectivity index (χ4v) is 3.75. The third kappa shape index (κ3) is 8.18. The van der Waals surface area contributed by atoms with Gasteiger partial charge >= 0.3 is 0 Å². The minimum Gasteiger partial charge on any atom is -0.492 e. The smallest absolute Gasteiger partial charge is 0.255 e. The molecule has 0 aromatic heterocycles. The summed E-state index contributed by atoms with van der Waals surface area (Å²) in [6, 6.07) is 18.5. The number of hydrogen-bond acceptors (Lipinski definition) is 4. The zero-order valence-corrected chi connectivity index (χ0v) is 20.8. The summed E-state index contributed by atoms with van der Waals surface area (Å²) in [5.74, 6) is -0.0669. The van der Waals surface area contributed by atoms with Crippen LogP contribution in [0.1, 0.15) is 23.2 Å². The summed E-state index contributed by atoms with van der Waals surface area (Å²) in [6.07, 6.45) is 0.668.